The molecule has 2 fully saturated rings. The first-order chi connectivity index (χ1) is 23.7. The van der Waals surface area contributed by atoms with E-state index in [-0.39, 0.29) is 24.8 Å². The SMILES string of the molecule is CCC1CC1(NC(=O)C1CC(Oc2cc(-c3ccccc3)nc3cc(OC)ccc23)CN1C(=O)C(NC(=O)OC(C)(C)C)C(C)C)C(=O)OC. The van der Waals surface area contributed by atoms with Gasteiger partial charge >= 0.3 is 12.1 Å². The first-order valence-corrected chi connectivity index (χ1v) is 17.1. The molecule has 12 nitrogen and oxygen atoms in total. The van der Waals surface area contributed by atoms with Crippen molar-refractivity contribution in [2.24, 2.45) is 11.8 Å². The Kier molecular flexibility index (Phi) is 10.6. The fourth-order valence-corrected chi connectivity index (χ4v) is 6.60. The highest BCUT2D eigenvalue weighted by atomic mass is 16.6. The molecule has 0 spiro atoms. The smallest absolute Gasteiger partial charge is 0.408 e. The van der Waals surface area contributed by atoms with Crippen LogP contribution in [-0.2, 0) is 23.9 Å². The van der Waals surface area contributed by atoms with E-state index in [4.69, 9.17) is 23.9 Å². The van der Waals surface area contributed by atoms with Gasteiger partial charge in [-0.1, -0.05) is 57.5 Å². The minimum Gasteiger partial charge on any atom is -0.497 e. The van der Waals surface area contributed by atoms with Gasteiger partial charge < -0.3 is 34.5 Å². The van der Waals surface area contributed by atoms with Crippen LogP contribution in [0.4, 0.5) is 4.79 Å². The molecule has 1 aliphatic carbocycles. The summed E-state index contributed by atoms with van der Waals surface area (Å²) in [6.45, 7) is 10.8. The Hall–Kier alpha value is -4.87. The molecule has 2 aliphatic rings. The zero-order valence-corrected chi connectivity index (χ0v) is 30.1. The number of nitrogens with zero attached hydrogens (tertiary/aromatic N) is 2. The molecule has 1 aromatic heterocycles. The summed E-state index contributed by atoms with van der Waals surface area (Å²) in [5.41, 5.74) is 0.301. The molecule has 2 heterocycles. The number of carbonyl (C=O) groups is 4. The van der Waals surface area contributed by atoms with Crippen molar-refractivity contribution < 1.29 is 38.1 Å². The first-order valence-electron chi connectivity index (χ1n) is 17.1. The average Bonchev–Trinajstić information content (AvgIpc) is 3.64. The average molecular weight is 689 g/mol. The number of hydrogen-bond donors (Lipinski definition) is 2. The number of carbonyl (C=O) groups excluding carboxylic acids is 4. The summed E-state index contributed by atoms with van der Waals surface area (Å²) in [4.78, 5) is 60.5. The number of benzene rings is 2. The molecular formula is C38H48N4O8. The van der Waals surface area contributed by atoms with Crippen LogP contribution in [0.1, 0.15) is 60.8 Å². The number of methoxy groups -OCH3 is 2. The first kappa shape index (κ1) is 36.4. The number of fused-ring (bicyclic) bond motifs is 1. The fourth-order valence-electron chi connectivity index (χ4n) is 6.60. The molecule has 2 N–H and O–H groups in total. The molecule has 5 unspecified atom stereocenters. The summed E-state index contributed by atoms with van der Waals surface area (Å²) in [7, 11) is 2.89. The Morgan fingerprint density at radius 1 is 1.04 bits per heavy atom. The number of likely N-dealkylation sites (tertiary alicyclic amines) is 1. The maximum atomic E-state index is 14.3. The second-order valence-corrected chi connectivity index (χ2v) is 14.4. The summed E-state index contributed by atoms with van der Waals surface area (Å²) in [6, 6.07) is 15.1. The van der Waals surface area contributed by atoms with Crippen LogP contribution in [-0.4, -0.2) is 83.9 Å². The van der Waals surface area contributed by atoms with Gasteiger partial charge in [0.05, 0.1) is 32.0 Å². The maximum absolute atomic E-state index is 14.3. The number of esters is 1. The minimum atomic E-state index is -1.15. The number of pyridine rings is 1. The molecule has 1 saturated carbocycles. The summed E-state index contributed by atoms with van der Waals surface area (Å²) in [5, 5.41) is 6.40. The third-order valence-corrected chi connectivity index (χ3v) is 9.29. The Bertz CT molecular complexity index is 1740. The van der Waals surface area contributed by atoms with Crippen molar-refractivity contribution in [1.82, 2.24) is 20.5 Å². The Labute approximate surface area is 293 Å². The van der Waals surface area contributed by atoms with Crippen LogP contribution in [0.15, 0.2) is 54.6 Å². The van der Waals surface area contributed by atoms with Crippen molar-refractivity contribution in [2.45, 2.75) is 90.1 Å². The molecule has 50 heavy (non-hydrogen) atoms. The molecule has 5 rings (SSSR count). The monoisotopic (exact) mass is 688 g/mol. The largest absolute Gasteiger partial charge is 0.497 e. The van der Waals surface area contributed by atoms with E-state index < -0.39 is 53.2 Å². The van der Waals surface area contributed by atoms with Crippen LogP contribution in [0, 0.1) is 11.8 Å². The maximum Gasteiger partial charge on any atom is 0.408 e. The molecular weight excluding hydrogens is 640 g/mol. The van der Waals surface area contributed by atoms with Gasteiger partial charge in [-0.25, -0.2) is 14.6 Å². The molecule has 3 amide bonds. The van der Waals surface area contributed by atoms with E-state index >= 15 is 0 Å². The van der Waals surface area contributed by atoms with E-state index in [2.05, 4.69) is 10.6 Å². The number of nitrogens with one attached hydrogen (secondary N) is 2. The Morgan fingerprint density at radius 2 is 1.76 bits per heavy atom. The van der Waals surface area contributed by atoms with Crippen LogP contribution < -0.4 is 20.1 Å². The summed E-state index contributed by atoms with van der Waals surface area (Å²) >= 11 is 0. The minimum absolute atomic E-state index is 0.0548. The number of hydrogen-bond acceptors (Lipinski definition) is 9. The lowest BCUT2D eigenvalue weighted by Crippen LogP contribution is -2.57. The molecule has 0 bridgehead atoms. The summed E-state index contributed by atoms with van der Waals surface area (Å²) < 4.78 is 22.7. The van der Waals surface area contributed by atoms with Gasteiger partial charge in [0.15, 0.2) is 0 Å². The Morgan fingerprint density at radius 3 is 2.36 bits per heavy atom. The van der Waals surface area contributed by atoms with Crippen molar-refractivity contribution in [1.29, 1.82) is 0 Å². The number of alkyl carbamates (subject to hydrolysis) is 1. The lowest BCUT2D eigenvalue weighted by atomic mass is 10.0. The van der Waals surface area contributed by atoms with Crippen LogP contribution in [0.5, 0.6) is 11.5 Å². The van der Waals surface area contributed by atoms with Gasteiger partial charge in [-0.15, -0.1) is 0 Å². The number of rotatable bonds is 11. The normalized spacial score (nSPS) is 22.1. The zero-order valence-electron chi connectivity index (χ0n) is 30.1. The second-order valence-electron chi connectivity index (χ2n) is 14.4. The highest BCUT2D eigenvalue weighted by Crippen LogP contribution is 2.47. The molecule has 268 valence electrons. The van der Waals surface area contributed by atoms with Gasteiger partial charge in [0.25, 0.3) is 0 Å². The molecule has 12 heteroatoms. The number of ether oxygens (including phenoxy) is 4. The van der Waals surface area contributed by atoms with Gasteiger partial charge in [-0.2, -0.15) is 0 Å². The molecule has 0 radical (unpaired) electrons. The van der Waals surface area contributed by atoms with Gasteiger partial charge in [0.2, 0.25) is 11.8 Å². The van der Waals surface area contributed by atoms with E-state index in [1.807, 2.05) is 75.4 Å². The van der Waals surface area contributed by atoms with E-state index in [0.29, 0.717) is 35.6 Å². The van der Waals surface area contributed by atoms with E-state index in [0.717, 1.165) is 10.9 Å². The van der Waals surface area contributed by atoms with Crippen molar-refractivity contribution in [3.63, 3.8) is 0 Å². The fraction of sp³-hybridized carbons (Fsp3) is 0.500. The molecule has 3 aromatic rings. The highest BCUT2D eigenvalue weighted by molar-refractivity contribution is 5.96. The number of aromatic nitrogens is 1. The highest BCUT2D eigenvalue weighted by Gasteiger charge is 2.62. The lowest BCUT2D eigenvalue weighted by Gasteiger charge is -2.31. The van der Waals surface area contributed by atoms with Gasteiger partial charge in [-0.05, 0) is 51.2 Å². The molecule has 2 aromatic carbocycles. The zero-order chi connectivity index (χ0) is 36.4. The molecule has 1 aliphatic heterocycles. The van der Waals surface area contributed by atoms with Crippen LogP contribution in [0.25, 0.3) is 22.2 Å². The van der Waals surface area contributed by atoms with Crippen molar-refractivity contribution in [2.75, 3.05) is 20.8 Å². The van der Waals surface area contributed by atoms with E-state index in [1.165, 1.54) is 12.0 Å². The lowest BCUT2D eigenvalue weighted by molar-refractivity contribution is -0.148. The van der Waals surface area contributed by atoms with Gasteiger partial charge in [0.1, 0.15) is 40.8 Å². The summed E-state index contributed by atoms with van der Waals surface area (Å²) in [5.74, 6) is -0.702. The quantitative estimate of drug-likeness (QED) is 0.258. The standard InChI is InChI=1S/C38H48N4O8/c1-9-24-20-38(24,35(45)48-8)41-33(43)30-18-26(21-42(30)34(44)32(22(2)3)40-36(46)50-37(4,5)6)49-31-19-28(23-13-11-10-12-14-23)39-29-17-25(47-7)15-16-27(29)31/h10-17,19,22,24,26,30,32H,9,18,20-21H2,1-8H3,(H,40,46)(H,41,43). The van der Waals surface area contributed by atoms with Gasteiger partial charge in [0, 0.05) is 29.5 Å². The van der Waals surface area contributed by atoms with Crippen LogP contribution in [0.2, 0.25) is 0 Å². The Balaban J connectivity index is 1.49. The third kappa shape index (κ3) is 7.79. The molecule has 1 saturated heterocycles. The predicted molar refractivity (Wildman–Crippen MR) is 188 cm³/mol. The topological polar surface area (TPSA) is 145 Å². The van der Waals surface area contributed by atoms with Crippen molar-refractivity contribution >= 4 is 34.8 Å². The predicted octanol–water partition coefficient (Wildman–Crippen LogP) is 5.27. The van der Waals surface area contributed by atoms with Crippen molar-refractivity contribution in [3.05, 3.63) is 54.6 Å². The van der Waals surface area contributed by atoms with Crippen molar-refractivity contribution in [3.8, 4) is 22.8 Å². The molecule has 5 atom stereocenters. The van der Waals surface area contributed by atoms with Crippen LogP contribution >= 0.6 is 0 Å². The third-order valence-electron chi connectivity index (χ3n) is 9.29. The van der Waals surface area contributed by atoms with Crippen LogP contribution in [0.3, 0.4) is 0 Å². The summed E-state index contributed by atoms with van der Waals surface area (Å²) in [6.07, 6.45) is -0.0863. The number of amides is 3. The second kappa shape index (κ2) is 14.5. The van der Waals surface area contributed by atoms with E-state index in [9.17, 15) is 19.2 Å². The van der Waals surface area contributed by atoms with E-state index in [1.54, 1.807) is 27.9 Å². The van der Waals surface area contributed by atoms with Gasteiger partial charge in [-0.3, -0.25) is 9.59 Å².